The standard InChI is InChI=1S/C19H18ClN5O2.ClH/c20-15-5-6-22-18(9-15)25-12-14(10-23-25)19(26)24-16-3-1-13(2-4-16)17-11-21-7-8-27-17;/h1-6,9-10,12,17,21H,7-8,11H2,(H,24,26);1H. The molecular formula is C19H19Cl2N5O2. The molecule has 1 saturated heterocycles. The lowest BCUT2D eigenvalue weighted by Crippen LogP contribution is -2.33. The van der Waals surface area contributed by atoms with Gasteiger partial charge in [0.2, 0.25) is 0 Å². The lowest BCUT2D eigenvalue weighted by Gasteiger charge is -2.24. The van der Waals surface area contributed by atoms with Crippen LogP contribution in [0.2, 0.25) is 5.02 Å². The van der Waals surface area contributed by atoms with Gasteiger partial charge in [-0.1, -0.05) is 23.7 Å². The lowest BCUT2D eigenvalue weighted by molar-refractivity contribution is 0.0277. The van der Waals surface area contributed by atoms with Crippen molar-refractivity contribution in [1.29, 1.82) is 0 Å². The van der Waals surface area contributed by atoms with Crippen molar-refractivity contribution in [2.75, 3.05) is 25.0 Å². The van der Waals surface area contributed by atoms with Crippen LogP contribution < -0.4 is 10.6 Å². The second-order valence-corrected chi connectivity index (χ2v) is 6.58. The summed E-state index contributed by atoms with van der Waals surface area (Å²) < 4.78 is 7.24. The van der Waals surface area contributed by atoms with Gasteiger partial charge in [-0.25, -0.2) is 9.67 Å². The Kier molecular flexibility index (Phi) is 6.64. The molecule has 1 aliphatic heterocycles. The number of morpholine rings is 1. The fraction of sp³-hybridized carbons (Fsp3) is 0.211. The Morgan fingerprint density at radius 2 is 2.11 bits per heavy atom. The molecule has 0 spiro atoms. The van der Waals surface area contributed by atoms with Crippen LogP contribution in [0.5, 0.6) is 0 Å². The Balaban J connectivity index is 0.00000225. The summed E-state index contributed by atoms with van der Waals surface area (Å²) in [5, 5.41) is 10.9. The highest BCUT2D eigenvalue weighted by atomic mass is 35.5. The zero-order chi connectivity index (χ0) is 18.6. The van der Waals surface area contributed by atoms with E-state index in [9.17, 15) is 4.79 Å². The van der Waals surface area contributed by atoms with Crippen LogP contribution in [0.1, 0.15) is 22.0 Å². The van der Waals surface area contributed by atoms with Crippen molar-refractivity contribution in [2.45, 2.75) is 6.10 Å². The minimum atomic E-state index is -0.244. The molecule has 146 valence electrons. The lowest BCUT2D eigenvalue weighted by atomic mass is 10.1. The molecule has 2 aromatic heterocycles. The number of nitrogens with one attached hydrogen (secondary N) is 2. The van der Waals surface area contributed by atoms with Crippen molar-refractivity contribution >= 4 is 35.6 Å². The van der Waals surface area contributed by atoms with Gasteiger partial charge in [0, 0.05) is 42.3 Å². The van der Waals surface area contributed by atoms with Crippen molar-refractivity contribution in [2.24, 2.45) is 0 Å². The predicted molar refractivity (Wildman–Crippen MR) is 110 cm³/mol. The number of aromatic nitrogens is 3. The Morgan fingerprint density at radius 3 is 2.82 bits per heavy atom. The van der Waals surface area contributed by atoms with E-state index in [1.807, 2.05) is 24.3 Å². The smallest absolute Gasteiger partial charge is 0.258 e. The number of pyridine rings is 1. The summed E-state index contributed by atoms with van der Waals surface area (Å²) in [5.41, 5.74) is 2.22. The Labute approximate surface area is 173 Å². The third-order valence-corrected chi connectivity index (χ3v) is 4.49. The average Bonchev–Trinajstić information content (AvgIpc) is 3.20. The van der Waals surface area contributed by atoms with Crippen molar-refractivity contribution < 1.29 is 9.53 Å². The van der Waals surface area contributed by atoms with Gasteiger partial charge in [0.25, 0.3) is 5.91 Å². The summed E-state index contributed by atoms with van der Waals surface area (Å²) in [5.74, 6) is 0.304. The summed E-state index contributed by atoms with van der Waals surface area (Å²) in [6, 6.07) is 11.0. The fourth-order valence-corrected chi connectivity index (χ4v) is 3.00. The molecule has 1 aromatic carbocycles. The van der Waals surface area contributed by atoms with Crippen LogP contribution in [0.3, 0.4) is 0 Å². The number of ether oxygens (including phenoxy) is 1. The molecular weight excluding hydrogens is 401 g/mol. The second kappa shape index (κ2) is 9.16. The van der Waals surface area contributed by atoms with E-state index in [1.165, 1.54) is 10.9 Å². The first-order valence-electron chi connectivity index (χ1n) is 8.59. The topological polar surface area (TPSA) is 81.1 Å². The fourth-order valence-electron chi connectivity index (χ4n) is 2.85. The molecule has 7 nitrogen and oxygen atoms in total. The third-order valence-electron chi connectivity index (χ3n) is 4.26. The molecule has 28 heavy (non-hydrogen) atoms. The number of carbonyl (C=O) groups excluding carboxylic acids is 1. The van der Waals surface area contributed by atoms with Crippen LogP contribution in [0.4, 0.5) is 5.69 Å². The quantitative estimate of drug-likeness (QED) is 0.678. The Hall–Kier alpha value is -2.45. The van der Waals surface area contributed by atoms with E-state index in [0.29, 0.717) is 28.7 Å². The summed E-state index contributed by atoms with van der Waals surface area (Å²) in [7, 11) is 0. The number of rotatable bonds is 4. The van der Waals surface area contributed by atoms with Crippen molar-refractivity contribution in [3.8, 4) is 5.82 Å². The molecule has 1 atom stereocenters. The number of anilines is 1. The molecule has 4 rings (SSSR count). The van der Waals surface area contributed by atoms with E-state index in [2.05, 4.69) is 20.7 Å². The van der Waals surface area contributed by atoms with E-state index < -0.39 is 0 Å². The van der Waals surface area contributed by atoms with Gasteiger partial charge in [0.15, 0.2) is 5.82 Å². The summed E-state index contributed by atoms with van der Waals surface area (Å²) in [6.45, 7) is 2.38. The second-order valence-electron chi connectivity index (χ2n) is 6.15. The molecule has 1 amide bonds. The van der Waals surface area contributed by atoms with Crippen LogP contribution in [0, 0.1) is 0 Å². The Morgan fingerprint density at radius 1 is 1.29 bits per heavy atom. The van der Waals surface area contributed by atoms with Gasteiger partial charge in [0.1, 0.15) is 0 Å². The zero-order valence-electron chi connectivity index (χ0n) is 14.8. The molecule has 1 fully saturated rings. The van der Waals surface area contributed by atoms with E-state index in [-0.39, 0.29) is 24.4 Å². The van der Waals surface area contributed by atoms with Gasteiger partial charge in [-0.3, -0.25) is 4.79 Å². The van der Waals surface area contributed by atoms with Gasteiger partial charge < -0.3 is 15.4 Å². The number of hydrogen-bond acceptors (Lipinski definition) is 5. The number of halogens is 2. The monoisotopic (exact) mass is 419 g/mol. The van der Waals surface area contributed by atoms with Gasteiger partial charge in [-0.05, 0) is 23.8 Å². The highest BCUT2D eigenvalue weighted by molar-refractivity contribution is 6.30. The SMILES string of the molecule is Cl.O=C(Nc1ccc(C2CNCCO2)cc1)c1cnn(-c2cc(Cl)ccn2)c1. The molecule has 9 heteroatoms. The molecule has 0 radical (unpaired) electrons. The molecule has 3 aromatic rings. The molecule has 0 saturated carbocycles. The van der Waals surface area contributed by atoms with Crippen molar-refractivity contribution in [1.82, 2.24) is 20.1 Å². The molecule has 1 unspecified atom stereocenters. The first-order valence-corrected chi connectivity index (χ1v) is 8.97. The maximum absolute atomic E-state index is 12.5. The van der Waals surface area contributed by atoms with Gasteiger partial charge in [-0.15, -0.1) is 12.4 Å². The van der Waals surface area contributed by atoms with E-state index in [0.717, 1.165) is 18.7 Å². The summed E-state index contributed by atoms with van der Waals surface area (Å²) in [4.78, 5) is 16.7. The van der Waals surface area contributed by atoms with E-state index in [1.54, 1.807) is 24.5 Å². The van der Waals surface area contributed by atoms with Gasteiger partial charge in [0.05, 0.1) is 24.5 Å². The predicted octanol–water partition coefficient (Wildman–Crippen LogP) is 3.26. The average molecular weight is 420 g/mol. The number of hydrogen-bond donors (Lipinski definition) is 2. The van der Waals surface area contributed by atoms with E-state index >= 15 is 0 Å². The molecule has 3 heterocycles. The van der Waals surface area contributed by atoms with Gasteiger partial charge in [-0.2, -0.15) is 5.10 Å². The van der Waals surface area contributed by atoms with Crippen LogP contribution in [0.15, 0.2) is 55.0 Å². The third kappa shape index (κ3) is 4.69. The first kappa shape index (κ1) is 20.3. The maximum Gasteiger partial charge on any atom is 0.258 e. The summed E-state index contributed by atoms with van der Waals surface area (Å²) >= 11 is 5.97. The minimum Gasteiger partial charge on any atom is -0.371 e. The van der Waals surface area contributed by atoms with Crippen molar-refractivity contribution in [3.63, 3.8) is 0 Å². The summed E-state index contributed by atoms with van der Waals surface area (Å²) in [6.07, 6.45) is 4.75. The van der Waals surface area contributed by atoms with Crippen LogP contribution in [-0.2, 0) is 4.74 Å². The minimum absolute atomic E-state index is 0. The van der Waals surface area contributed by atoms with Crippen LogP contribution >= 0.6 is 24.0 Å². The van der Waals surface area contributed by atoms with Crippen molar-refractivity contribution in [3.05, 3.63) is 71.1 Å². The molecule has 0 aliphatic carbocycles. The largest absolute Gasteiger partial charge is 0.371 e. The molecule has 2 N–H and O–H groups in total. The van der Waals surface area contributed by atoms with E-state index in [4.69, 9.17) is 16.3 Å². The number of nitrogens with zero attached hydrogens (tertiary/aromatic N) is 3. The maximum atomic E-state index is 12.5. The normalized spacial score (nSPS) is 16.2. The highest BCUT2D eigenvalue weighted by Gasteiger charge is 2.16. The number of amides is 1. The number of benzene rings is 1. The highest BCUT2D eigenvalue weighted by Crippen LogP contribution is 2.21. The molecule has 1 aliphatic rings. The number of carbonyl (C=O) groups is 1. The zero-order valence-corrected chi connectivity index (χ0v) is 16.4. The van der Waals surface area contributed by atoms with Crippen LogP contribution in [0.25, 0.3) is 5.82 Å². The van der Waals surface area contributed by atoms with Gasteiger partial charge >= 0.3 is 0 Å². The van der Waals surface area contributed by atoms with Crippen LogP contribution in [-0.4, -0.2) is 40.4 Å². The Bertz CT molecular complexity index is 940. The first-order chi connectivity index (χ1) is 13.2. The molecule has 0 bridgehead atoms.